The van der Waals surface area contributed by atoms with Gasteiger partial charge in [-0.1, -0.05) is 35.9 Å². The summed E-state index contributed by atoms with van der Waals surface area (Å²) < 4.78 is 0. The van der Waals surface area contributed by atoms with Crippen molar-refractivity contribution < 1.29 is 9.59 Å². The second-order valence-corrected chi connectivity index (χ2v) is 6.88. The van der Waals surface area contributed by atoms with Crippen molar-refractivity contribution in [1.82, 2.24) is 20.2 Å². The Morgan fingerprint density at radius 3 is 2.81 bits per heavy atom. The molecule has 1 aromatic heterocycles. The lowest BCUT2D eigenvalue weighted by molar-refractivity contribution is -0.128. The van der Waals surface area contributed by atoms with Gasteiger partial charge in [-0.15, -0.1) is 0 Å². The van der Waals surface area contributed by atoms with Crippen LogP contribution in [-0.2, 0) is 11.3 Å². The maximum Gasteiger partial charge on any atom is 0.253 e. The average Bonchev–Trinajstić information content (AvgIpc) is 3.02. The number of carbonyl (C=O) groups is 2. The molecule has 6 nitrogen and oxygen atoms in total. The van der Waals surface area contributed by atoms with Crippen LogP contribution in [0.3, 0.4) is 0 Å². The number of amides is 2. The Morgan fingerprint density at radius 1 is 1.15 bits per heavy atom. The summed E-state index contributed by atoms with van der Waals surface area (Å²) in [6.45, 7) is 0.886. The Labute approximate surface area is 161 Å². The van der Waals surface area contributed by atoms with Gasteiger partial charge in [0.2, 0.25) is 5.91 Å². The second-order valence-electron chi connectivity index (χ2n) is 6.47. The molecule has 0 radical (unpaired) electrons. The van der Waals surface area contributed by atoms with Crippen molar-refractivity contribution in [3.63, 3.8) is 0 Å². The number of hydrogen-bond donors (Lipinski definition) is 1. The van der Waals surface area contributed by atoms with Gasteiger partial charge in [0.1, 0.15) is 5.52 Å². The Bertz CT molecular complexity index is 1020. The van der Waals surface area contributed by atoms with Gasteiger partial charge in [-0.05, 0) is 23.8 Å². The van der Waals surface area contributed by atoms with Crippen LogP contribution in [0.5, 0.6) is 0 Å². The lowest BCUT2D eigenvalue weighted by Crippen LogP contribution is -2.37. The molecule has 1 fully saturated rings. The molecule has 1 atom stereocenters. The molecule has 7 heteroatoms. The van der Waals surface area contributed by atoms with Crippen LogP contribution in [-0.4, -0.2) is 39.3 Å². The van der Waals surface area contributed by atoms with E-state index in [2.05, 4.69) is 15.3 Å². The highest BCUT2D eigenvalue weighted by atomic mass is 35.5. The van der Waals surface area contributed by atoms with Gasteiger partial charge in [0.15, 0.2) is 0 Å². The van der Waals surface area contributed by atoms with Gasteiger partial charge >= 0.3 is 0 Å². The third kappa shape index (κ3) is 3.61. The fourth-order valence-corrected chi connectivity index (χ4v) is 3.49. The summed E-state index contributed by atoms with van der Waals surface area (Å²) in [4.78, 5) is 35.2. The van der Waals surface area contributed by atoms with Gasteiger partial charge < -0.3 is 10.2 Å². The Morgan fingerprint density at radius 2 is 1.96 bits per heavy atom. The van der Waals surface area contributed by atoms with Gasteiger partial charge in [-0.25, -0.2) is 0 Å². The molecule has 2 aromatic carbocycles. The fraction of sp³-hybridized carbons (Fsp3) is 0.200. The number of rotatable bonds is 4. The molecule has 2 amide bonds. The SMILES string of the molecule is O=C(N[C@H]1CC(=O)N(Cc2ccccc2Cl)C1)c1cccc2nccnc12. The average molecular weight is 381 g/mol. The number of fused-ring (bicyclic) bond motifs is 1. The molecule has 27 heavy (non-hydrogen) atoms. The normalized spacial score (nSPS) is 16.7. The highest BCUT2D eigenvalue weighted by Crippen LogP contribution is 2.21. The van der Waals surface area contributed by atoms with E-state index in [4.69, 9.17) is 11.6 Å². The predicted molar refractivity (Wildman–Crippen MR) is 102 cm³/mol. The van der Waals surface area contributed by atoms with Crippen LogP contribution < -0.4 is 5.32 Å². The summed E-state index contributed by atoms with van der Waals surface area (Å²) in [6.07, 6.45) is 3.42. The number of nitrogens with one attached hydrogen (secondary N) is 1. The van der Waals surface area contributed by atoms with E-state index in [-0.39, 0.29) is 24.3 Å². The Balaban J connectivity index is 1.46. The number of benzene rings is 2. The minimum absolute atomic E-state index is 0.00192. The highest BCUT2D eigenvalue weighted by Gasteiger charge is 2.31. The number of carbonyl (C=O) groups excluding carboxylic acids is 2. The summed E-state index contributed by atoms with van der Waals surface area (Å²) in [5.41, 5.74) is 2.56. The van der Waals surface area contributed by atoms with E-state index in [1.165, 1.54) is 0 Å². The predicted octanol–water partition coefficient (Wildman–Crippen LogP) is 2.81. The minimum atomic E-state index is -0.251. The van der Waals surface area contributed by atoms with Crippen molar-refractivity contribution in [2.75, 3.05) is 6.54 Å². The first kappa shape index (κ1) is 17.4. The van der Waals surface area contributed by atoms with E-state index < -0.39 is 0 Å². The quantitative estimate of drug-likeness (QED) is 0.755. The zero-order chi connectivity index (χ0) is 18.8. The van der Waals surface area contributed by atoms with Crippen molar-refractivity contribution >= 4 is 34.4 Å². The van der Waals surface area contributed by atoms with E-state index in [9.17, 15) is 9.59 Å². The lowest BCUT2D eigenvalue weighted by Gasteiger charge is -2.18. The first-order valence-corrected chi connectivity index (χ1v) is 9.01. The van der Waals surface area contributed by atoms with Crippen LogP contribution >= 0.6 is 11.6 Å². The smallest absolute Gasteiger partial charge is 0.253 e. The molecule has 1 aliphatic rings. The number of hydrogen-bond acceptors (Lipinski definition) is 4. The van der Waals surface area contributed by atoms with Crippen molar-refractivity contribution in [2.24, 2.45) is 0 Å². The molecule has 0 aliphatic carbocycles. The largest absolute Gasteiger partial charge is 0.347 e. The maximum absolute atomic E-state index is 12.7. The summed E-state index contributed by atoms with van der Waals surface area (Å²) in [5, 5.41) is 3.58. The summed E-state index contributed by atoms with van der Waals surface area (Å²) in [5.74, 6) is -0.253. The summed E-state index contributed by atoms with van der Waals surface area (Å²) >= 11 is 6.19. The first-order valence-electron chi connectivity index (χ1n) is 8.63. The van der Waals surface area contributed by atoms with Gasteiger partial charge in [-0.3, -0.25) is 19.6 Å². The summed E-state index contributed by atoms with van der Waals surface area (Å²) in [6, 6.07) is 12.5. The van der Waals surface area contributed by atoms with Crippen LogP contribution in [0.1, 0.15) is 22.3 Å². The Kier molecular flexibility index (Phi) is 4.73. The van der Waals surface area contributed by atoms with Gasteiger partial charge in [0, 0.05) is 36.9 Å². The van der Waals surface area contributed by atoms with Crippen LogP contribution in [0.15, 0.2) is 54.9 Å². The van der Waals surface area contributed by atoms with Gasteiger partial charge in [0.05, 0.1) is 17.1 Å². The van der Waals surface area contributed by atoms with E-state index in [1.807, 2.05) is 24.3 Å². The molecular weight excluding hydrogens is 364 g/mol. The molecule has 1 N–H and O–H groups in total. The molecule has 1 aliphatic heterocycles. The fourth-order valence-electron chi connectivity index (χ4n) is 3.29. The third-order valence-electron chi connectivity index (χ3n) is 4.61. The van der Waals surface area contributed by atoms with Crippen LogP contribution in [0.4, 0.5) is 0 Å². The molecule has 0 saturated carbocycles. The van der Waals surface area contributed by atoms with E-state index >= 15 is 0 Å². The number of nitrogens with zero attached hydrogens (tertiary/aromatic N) is 3. The molecule has 4 rings (SSSR count). The number of likely N-dealkylation sites (tertiary alicyclic amines) is 1. The zero-order valence-corrected chi connectivity index (χ0v) is 15.2. The third-order valence-corrected chi connectivity index (χ3v) is 4.98. The molecule has 1 saturated heterocycles. The molecule has 2 heterocycles. The topological polar surface area (TPSA) is 75.2 Å². The van der Waals surface area contributed by atoms with Crippen molar-refractivity contribution in [3.05, 3.63) is 71.0 Å². The number of para-hydroxylation sites is 1. The standard InChI is InChI=1S/C20H17ClN4O2/c21-16-6-2-1-4-13(16)11-25-12-14(10-18(25)26)24-20(27)15-5-3-7-17-19(15)23-9-8-22-17/h1-9,14H,10-12H2,(H,24,27)/t14-/m0/s1. The monoisotopic (exact) mass is 380 g/mol. The molecular formula is C20H17ClN4O2. The molecule has 0 spiro atoms. The highest BCUT2D eigenvalue weighted by molar-refractivity contribution is 6.31. The molecule has 3 aromatic rings. The Hall–Kier alpha value is -2.99. The van der Waals surface area contributed by atoms with Crippen LogP contribution in [0, 0.1) is 0 Å². The maximum atomic E-state index is 12.7. The van der Waals surface area contributed by atoms with Crippen molar-refractivity contribution in [2.45, 2.75) is 19.0 Å². The van der Waals surface area contributed by atoms with Crippen LogP contribution in [0.2, 0.25) is 5.02 Å². The number of halogens is 1. The van der Waals surface area contributed by atoms with E-state index in [0.717, 1.165) is 5.56 Å². The second kappa shape index (κ2) is 7.32. The number of aromatic nitrogens is 2. The van der Waals surface area contributed by atoms with Gasteiger partial charge in [-0.2, -0.15) is 0 Å². The molecule has 136 valence electrons. The van der Waals surface area contributed by atoms with Crippen LogP contribution in [0.25, 0.3) is 11.0 Å². The first-order chi connectivity index (χ1) is 13.1. The minimum Gasteiger partial charge on any atom is -0.347 e. The van der Waals surface area contributed by atoms with E-state index in [0.29, 0.717) is 34.7 Å². The van der Waals surface area contributed by atoms with Gasteiger partial charge in [0.25, 0.3) is 5.91 Å². The molecule has 0 bridgehead atoms. The van der Waals surface area contributed by atoms with Crippen molar-refractivity contribution in [1.29, 1.82) is 0 Å². The summed E-state index contributed by atoms with van der Waals surface area (Å²) in [7, 11) is 0. The zero-order valence-electron chi connectivity index (χ0n) is 14.4. The van der Waals surface area contributed by atoms with Crippen molar-refractivity contribution in [3.8, 4) is 0 Å². The molecule has 0 unspecified atom stereocenters. The lowest BCUT2D eigenvalue weighted by atomic mass is 10.1. The van der Waals surface area contributed by atoms with E-state index in [1.54, 1.807) is 35.5 Å².